The van der Waals surface area contributed by atoms with Crippen molar-refractivity contribution in [3.05, 3.63) is 21.9 Å². The van der Waals surface area contributed by atoms with E-state index in [0.29, 0.717) is 18.1 Å². The summed E-state index contributed by atoms with van der Waals surface area (Å²) in [6.07, 6.45) is 5.96. The van der Waals surface area contributed by atoms with E-state index in [4.69, 9.17) is 4.74 Å². The van der Waals surface area contributed by atoms with E-state index in [-0.39, 0.29) is 0 Å². The quantitative estimate of drug-likeness (QED) is 0.670. The van der Waals surface area contributed by atoms with E-state index in [1.54, 1.807) is 9.75 Å². The van der Waals surface area contributed by atoms with E-state index in [2.05, 4.69) is 32.9 Å². The second-order valence-electron chi connectivity index (χ2n) is 4.77. The summed E-state index contributed by atoms with van der Waals surface area (Å²) in [6.45, 7) is 6.71. The van der Waals surface area contributed by atoms with Gasteiger partial charge in [-0.3, -0.25) is 0 Å². The summed E-state index contributed by atoms with van der Waals surface area (Å²) < 4.78 is 5.53. The number of rotatable bonds is 6. The van der Waals surface area contributed by atoms with Crippen LogP contribution in [0.1, 0.15) is 55.7 Å². The monoisotopic (exact) mass is 238 g/mol. The molecule has 90 valence electrons. The van der Waals surface area contributed by atoms with Gasteiger partial charge in [0, 0.05) is 9.75 Å². The lowest BCUT2D eigenvalue weighted by Crippen LogP contribution is -2.00. The van der Waals surface area contributed by atoms with Crippen molar-refractivity contribution in [2.75, 3.05) is 0 Å². The molecule has 1 aliphatic heterocycles. The van der Waals surface area contributed by atoms with E-state index in [1.807, 2.05) is 11.3 Å². The number of thiophene rings is 1. The van der Waals surface area contributed by atoms with Crippen LogP contribution in [0.3, 0.4) is 0 Å². The zero-order valence-electron chi connectivity index (χ0n) is 10.5. The maximum Gasteiger partial charge on any atom is 0.0845 e. The Morgan fingerprint density at radius 3 is 2.69 bits per heavy atom. The van der Waals surface area contributed by atoms with Crippen molar-refractivity contribution in [3.8, 4) is 0 Å². The van der Waals surface area contributed by atoms with Crippen LogP contribution in [0.4, 0.5) is 0 Å². The smallest absolute Gasteiger partial charge is 0.0845 e. The summed E-state index contributed by atoms with van der Waals surface area (Å²) in [5, 5.41) is 0. The highest BCUT2D eigenvalue weighted by molar-refractivity contribution is 7.12. The molecule has 2 heteroatoms. The number of ether oxygens (including phenoxy) is 1. The average Bonchev–Trinajstić information content (AvgIpc) is 2.78. The fourth-order valence-corrected chi connectivity index (χ4v) is 3.55. The Labute approximate surface area is 103 Å². The molecule has 2 rings (SSSR count). The van der Waals surface area contributed by atoms with Crippen LogP contribution >= 0.6 is 11.3 Å². The van der Waals surface area contributed by atoms with Gasteiger partial charge in [0.05, 0.1) is 12.2 Å². The van der Waals surface area contributed by atoms with E-state index >= 15 is 0 Å². The lowest BCUT2D eigenvalue weighted by Gasteiger charge is -2.10. The van der Waals surface area contributed by atoms with Crippen molar-refractivity contribution in [2.24, 2.45) is 0 Å². The van der Waals surface area contributed by atoms with E-state index < -0.39 is 0 Å². The number of hydrogen-bond donors (Lipinski definition) is 0. The van der Waals surface area contributed by atoms with Gasteiger partial charge in [-0.2, -0.15) is 0 Å². The van der Waals surface area contributed by atoms with E-state index in [1.165, 1.54) is 25.7 Å². The minimum absolute atomic E-state index is 0.504. The first-order chi connectivity index (χ1) is 7.74. The Balaban J connectivity index is 1.95. The molecule has 0 spiro atoms. The number of hydrogen-bond acceptors (Lipinski definition) is 2. The molecule has 2 heterocycles. The summed E-state index contributed by atoms with van der Waals surface area (Å²) in [6, 6.07) is 4.64. The molecule has 0 saturated carbocycles. The molecule has 0 bridgehead atoms. The van der Waals surface area contributed by atoms with Gasteiger partial charge in [-0.1, -0.05) is 20.3 Å². The molecule has 1 saturated heterocycles. The maximum atomic E-state index is 5.53. The summed E-state index contributed by atoms with van der Waals surface area (Å²) in [5.41, 5.74) is 0. The zero-order chi connectivity index (χ0) is 11.5. The third kappa shape index (κ3) is 2.86. The van der Waals surface area contributed by atoms with Crippen LogP contribution in [-0.4, -0.2) is 12.2 Å². The fourth-order valence-electron chi connectivity index (χ4n) is 2.24. The van der Waals surface area contributed by atoms with Crippen LogP contribution in [0.5, 0.6) is 0 Å². The number of aryl methyl sites for hydroxylation is 1. The first-order valence-electron chi connectivity index (χ1n) is 6.48. The largest absolute Gasteiger partial charge is 0.370 e. The molecule has 1 aliphatic rings. The van der Waals surface area contributed by atoms with Gasteiger partial charge < -0.3 is 4.74 Å². The molecule has 0 aliphatic carbocycles. The summed E-state index contributed by atoms with van der Waals surface area (Å²) in [4.78, 5) is 3.11. The predicted molar refractivity (Wildman–Crippen MR) is 70.3 cm³/mol. The molecule has 16 heavy (non-hydrogen) atoms. The normalized spacial score (nSPS) is 25.7. The molecule has 0 amide bonds. The Morgan fingerprint density at radius 2 is 2.12 bits per heavy atom. The maximum absolute atomic E-state index is 5.53. The Bertz CT molecular complexity index is 331. The van der Waals surface area contributed by atoms with E-state index in [9.17, 15) is 0 Å². The minimum atomic E-state index is 0.504. The lowest BCUT2D eigenvalue weighted by molar-refractivity contribution is 0.358. The molecule has 1 nitrogen and oxygen atoms in total. The fraction of sp³-hybridized carbons (Fsp3) is 0.714. The van der Waals surface area contributed by atoms with Crippen molar-refractivity contribution >= 4 is 11.3 Å². The average molecular weight is 238 g/mol. The Kier molecular flexibility index (Phi) is 4.04. The molecule has 1 aromatic heterocycles. The zero-order valence-corrected chi connectivity index (χ0v) is 11.3. The van der Waals surface area contributed by atoms with Crippen molar-refractivity contribution in [2.45, 2.75) is 64.6 Å². The van der Waals surface area contributed by atoms with Gasteiger partial charge in [-0.05, 0) is 44.2 Å². The van der Waals surface area contributed by atoms with Gasteiger partial charge >= 0.3 is 0 Å². The highest BCUT2D eigenvalue weighted by Gasteiger charge is 2.36. The second-order valence-corrected chi connectivity index (χ2v) is 5.97. The third-order valence-corrected chi connectivity index (χ3v) is 4.73. The molecule has 0 aromatic carbocycles. The molecule has 1 aromatic rings. The minimum Gasteiger partial charge on any atom is -0.370 e. The Morgan fingerprint density at radius 1 is 1.38 bits per heavy atom. The second kappa shape index (κ2) is 5.33. The summed E-state index contributed by atoms with van der Waals surface area (Å²) >= 11 is 2.01. The van der Waals surface area contributed by atoms with Gasteiger partial charge in [-0.15, -0.1) is 11.3 Å². The molecule has 3 unspecified atom stereocenters. The van der Waals surface area contributed by atoms with Crippen LogP contribution in [0.2, 0.25) is 0 Å². The van der Waals surface area contributed by atoms with Gasteiger partial charge in [0.2, 0.25) is 0 Å². The van der Waals surface area contributed by atoms with E-state index in [0.717, 1.165) is 0 Å². The topological polar surface area (TPSA) is 12.5 Å². The highest BCUT2D eigenvalue weighted by atomic mass is 32.1. The third-order valence-electron chi connectivity index (χ3n) is 3.43. The molecule has 0 N–H and O–H groups in total. The Hall–Kier alpha value is -0.340. The summed E-state index contributed by atoms with van der Waals surface area (Å²) in [7, 11) is 0. The van der Waals surface area contributed by atoms with Gasteiger partial charge in [-0.25, -0.2) is 0 Å². The van der Waals surface area contributed by atoms with Crippen LogP contribution in [-0.2, 0) is 11.2 Å². The number of epoxide rings is 1. The molecule has 1 fully saturated rings. The van der Waals surface area contributed by atoms with Crippen molar-refractivity contribution < 1.29 is 4.74 Å². The SMILES string of the molecule is CCCc1ccc(C(CC)CC2OC2C)s1. The molecular formula is C14H22OS. The van der Waals surface area contributed by atoms with Gasteiger partial charge in [0.25, 0.3) is 0 Å². The first kappa shape index (κ1) is 12.1. The van der Waals surface area contributed by atoms with Crippen molar-refractivity contribution in [1.29, 1.82) is 0 Å². The van der Waals surface area contributed by atoms with Crippen LogP contribution in [0, 0.1) is 0 Å². The predicted octanol–water partition coefficient (Wildman–Crippen LogP) is 4.37. The molecule has 0 radical (unpaired) electrons. The van der Waals surface area contributed by atoms with Crippen LogP contribution in [0.25, 0.3) is 0 Å². The lowest BCUT2D eigenvalue weighted by atomic mass is 9.97. The summed E-state index contributed by atoms with van der Waals surface area (Å²) in [5.74, 6) is 0.713. The van der Waals surface area contributed by atoms with Gasteiger partial charge in [0.15, 0.2) is 0 Å². The van der Waals surface area contributed by atoms with Crippen LogP contribution in [0.15, 0.2) is 12.1 Å². The standard InChI is InChI=1S/C14H22OS/c1-4-6-12-7-8-14(16-12)11(5-2)9-13-10(3)15-13/h7-8,10-11,13H,4-6,9H2,1-3H3. The molecule has 3 atom stereocenters. The van der Waals surface area contributed by atoms with Crippen molar-refractivity contribution in [1.82, 2.24) is 0 Å². The van der Waals surface area contributed by atoms with Crippen molar-refractivity contribution in [3.63, 3.8) is 0 Å². The first-order valence-corrected chi connectivity index (χ1v) is 7.30. The molecular weight excluding hydrogens is 216 g/mol. The van der Waals surface area contributed by atoms with Crippen LogP contribution < -0.4 is 0 Å². The highest BCUT2D eigenvalue weighted by Crippen LogP contribution is 2.37. The van der Waals surface area contributed by atoms with Gasteiger partial charge in [0.1, 0.15) is 0 Å².